The standard InChI is InChI=1S/C24H29N5O3/c1-18(28-11-13-32-14-12-28)24(30)26-9-10-29-23(19-5-3-7-21(15-19)31-2)16-22(27-29)20-6-4-8-25-17-20/h3-8,15-18H,9-14H2,1-2H3,(H,26,30)/t18-/m0/s1. The van der Waals surface area contributed by atoms with Gasteiger partial charge in [-0.1, -0.05) is 12.1 Å². The van der Waals surface area contributed by atoms with Gasteiger partial charge in [0.15, 0.2) is 0 Å². The molecule has 0 radical (unpaired) electrons. The topological polar surface area (TPSA) is 81.5 Å². The Balaban J connectivity index is 1.50. The summed E-state index contributed by atoms with van der Waals surface area (Å²) in [4.78, 5) is 19.0. The molecule has 1 fully saturated rings. The number of hydrogen-bond acceptors (Lipinski definition) is 6. The second kappa shape index (κ2) is 10.4. The molecule has 32 heavy (non-hydrogen) atoms. The quantitative estimate of drug-likeness (QED) is 0.585. The largest absolute Gasteiger partial charge is 0.497 e. The number of morpholine rings is 1. The maximum absolute atomic E-state index is 12.6. The molecule has 0 aliphatic carbocycles. The number of nitrogens with zero attached hydrogens (tertiary/aromatic N) is 4. The molecule has 1 atom stereocenters. The first-order valence-electron chi connectivity index (χ1n) is 10.9. The van der Waals surface area contributed by atoms with Crippen molar-refractivity contribution in [2.45, 2.75) is 19.5 Å². The molecule has 1 N–H and O–H groups in total. The predicted molar refractivity (Wildman–Crippen MR) is 122 cm³/mol. The van der Waals surface area contributed by atoms with E-state index >= 15 is 0 Å². The minimum absolute atomic E-state index is 0.0227. The van der Waals surface area contributed by atoms with Gasteiger partial charge in [-0.25, -0.2) is 0 Å². The number of carbonyl (C=O) groups excluding carboxylic acids is 1. The Hall–Kier alpha value is -3.23. The molecule has 8 heteroatoms. The Labute approximate surface area is 188 Å². The first-order valence-corrected chi connectivity index (χ1v) is 10.9. The highest BCUT2D eigenvalue weighted by Crippen LogP contribution is 2.28. The van der Waals surface area contributed by atoms with Crippen LogP contribution >= 0.6 is 0 Å². The second-order valence-corrected chi connectivity index (χ2v) is 7.73. The second-order valence-electron chi connectivity index (χ2n) is 7.73. The van der Waals surface area contributed by atoms with Gasteiger partial charge in [0.1, 0.15) is 5.75 Å². The number of amides is 1. The summed E-state index contributed by atoms with van der Waals surface area (Å²) in [5, 5.41) is 7.86. The van der Waals surface area contributed by atoms with Crippen molar-refractivity contribution in [2.75, 3.05) is 40.0 Å². The summed E-state index contributed by atoms with van der Waals surface area (Å²) in [6.45, 7) is 5.88. The van der Waals surface area contributed by atoms with Crippen LogP contribution in [-0.2, 0) is 16.1 Å². The van der Waals surface area contributed by atoms with Gasteiger partial charge in [-0.15, -0.1) is 0 Å². The van der Waals surface area contributed by atoms with Crippen LogP contribution in [0.15, 0.2) is 54.9 Å². The number of hydrogen-bond donors (Lipinski definition) is 1. The van der Waals surface area contributed by atoms with E-state index in [1.54, 1.807) is 19.5 Å². The molecule has 1 amide bonds. The molecule has 3 aromatic rings. The Morgan fingerprint density at radius 2 is 2.00 bits per heavy atom. The van der Waals surface area contributed by atoms with Crippen molar-refractivity contribution in [2.24, 2.45) is 0 Å². The lowest BCUT2D eigenvalue weighted by molar-refractivity contribution is -0.127. The van der Waals surface area contributed by atoms with Gasteiger partial charge in [0.2, 0.25) is 5.91 Å². The van der Waals surface area contributed by atoms with Crippen molar-refractivity contribution < 1.29 is 14.3 Å². The number of carbonyl (C=O) groups is 1. The zero-order valence-electron chi connectivity index (χ0n) is 18.5. The van der Waals surface area contributed by atoms with E-state index in [1.165, 1.54) is 0 Å². The summed E-state index contributed by atoms with van der Waals surface area (Å²) in [6.07, 6.45) is 3.54. The molecule has 1 aliphatic heterocycles. The molecule has 1 saturated heterocycles. The van der Waals surface area contributed by atoms with E-state index in [4.69, 9.17) is 14.6 Å². The van der Waals surface area contributed by atoms with Gasteiger partial charge >= 0.3 is 0 Å². The molecule has 1 aromatic carbocycles. The van der Waals surface area contributed by atoms with E-state index in [0.717, 1.165) is 41.4 Å². The van der Waals surface area contributed by atoms with Crippen LogP contribution in [0.4, 0.5) is 0 Å². The zero-order valence-corrected chi connectivity index (χ0v) is 18.5. The number of methoxy groups -OCH3 is 1. The normalized spacial score (nSPS) is 15.3. The first kappa shape index (κ1) is 22.0. The average Bonchev–Trinajstić information content (AvgIpc) is 3.29. The van der Waals surface area contributed by atoms with Crippen LogP contribution in [0.2, 0.25) is 0 Å². The summed E-state index contributed by atoms with van der Waals surface area (Å²) in [5.41, 5.74) is 3.74. The van der Waals surface area contributed by atoms with Crippen LogP contribution in [0.3, 0.4) is 0 Å². The highest BCUT2D eigenvalue weighted by Gasteiger charge is 2.23. The van der Waals surface area contributed by atoms with Crippen LogP contribution in [0.1, 0.15) is 6.92 Å². The smallest absolute Gasteiger partial charge is 0.237 e. The predicted octanol–water partition coefficient (Wildman–Crippen LogP) is 2.46. The Bertz CT molecular complexity index is 1030. The van der Waals surface area contributed by atoms with Crippen molar-refractivity contribution >= 4 is 5.91 Å². The van der Waals surface area contributed by atoms with Gasteiger partial charge in [0, 0.05) is 43.2 Å². The lowest BCUT2D eigenvalue weighted by atomic mass is 10.1. The fraction of sp³-hybridized carbons (Fsp3) is 0.375. The van der Waals surface area contributed by atoms with Gasteiger partial charge < -0.3 is 14.8 Å². The van der Waals surface area contributed by atoms with Crippen molar-refractivity contribution in [1.82, 2.24) is 25.0 Å². The Morgan fingerprint density at radius 1 is 1.19 bits per heavy atom. The van der Waals surface area contributed by atoms with Gasteiger partial charge in [0.25, 0.3) is 0 Å². The van der Waals surface area contributed by atoms with E-state index in [2.05, 4.69) is 15.2 Å². The third-order valence-corrected chi connectivity index (χ3v) is 5.70. The number of aromatic nitrogens is 3. The van der Waals surface area contributed by atoms with Crippen molar-refractivity contribution in [3.05, 3.63) is 54.9 Å². The summed E-state index contributed by atoms with van der Waals surface area (Å²) >= 11 is 0. The molecule has 8 nitrogen and oxygen atoms in total. The Morgan fingerprint density at radius 3 is 2.75 bits per heavy atom. The molecule has 0 bridgehead atoms. The summed E-state index contributed by atoms with van der Waals surface area (Å²) in [6, 6.07) is 13.6. The number of benzene rings is 1. The average molecular weight is 436 g/mol. The van der Waals surface area contributed by atoms with E-state index in [-0.39, 0.29) is 11.9 Å². The minimum atomic E-state index is -0.180. The van der Waals surface area contributed by atoms with Gasteiger partial charge in [-0.05, 0) is 37.3 Å². The van der Waals surface area contributed by atoms with Gasteiger partial charge in [-0.3, -0.25) is 19.4 Å². The van der Waals surface area contributed by atoms with E-state index in [1.807, 2.05) is 54.1 Å². The molecule has 2 aromatic heterocycles. The van der Waals surface area contributed by atoms with Crippen molar-refractivity contribution in [3.8, 4) is 28.3 Å². The van der Waals surface area contributed by atoms with E-state index in [0.29, 0.717) is 26.3 Å². The minimum Gasteiger partial charge on any atom is -0.497 e. The van der Waals surface area contributed by atoms with Crippen LogP contribution < -0.4 is 10.1 Å². The maximum Gasteiger partial charge on any atom is 0.237 e. The summed E-state index contributed by atoms with van der Waals surface area (Å²) in [5.74, 6) is 0.806. The van der Waals surface area contributed by atoms with Crippen molar-refractivity contribution in [3.63, 3.8) is 0 Å². The molecular weight excluding hydrogens is 406 g/mol. The van der Waals surface area contributed by atoms with Gasteiger partial charge in [-0.2, -0.15) is 5.10 Å². The highest BCUT2D eigenvalue weighted by molar-refractivity contribution is 5.81. The van der Waals surface area contributed by atoms with E-state index < -0.39 is 0 Å². The lowest BCUT2D eigenvalue weighted by Gasteiger charge is -2.31. The molecule has 4 rings (SSSR count). The van der Waals surface area contributed by atoms with Crippen LogP contribution in [-0.4, -0.2) is 71.6 Å². The van der Waals surface area contributed by atoms with Gasteiger partial charge in [0.05, 0.1) is 44.3 Å². The summed E-state index contributed by atoms with van der Waals surface area (Å²) < 4.78 is 12.7. The van der Waals surface area contributed by atoms with Crippen LogP contribution in [0.25, 0.3) is 22.5 Å². The molecule has 3 heterocycles. The maximum atomic E-state index is 12.6. The van der Waals surface area contributed by atoms with Crippen LogP contribution in [0, 0.1) is 0 Å². The highest BCUT2D eigenvalue weighted by atomic mass is 16.5. The molecule has 1 aliphatic rings. The molecule has 0 saturated carbocycles. The summed E-state index contributed by atoms with van der Waals surface area (Å²) in [7, 11) is 1.66. The SMILES string of the molecule is COc1cccc(-c2cc(-c3cccnc3)nn2CCNC(=O)[C@H](C)N2CCOCC2)c1. The van der Waals surface area contributed by atoms with Crippen LogP contribution in [0.5, 0.6) is 5.75 Å². The molecule has 0 unspecified atom stereocenters. The van der Waals surface area contributed by atoms with E-state index in [9.17, 15) is 4.79 Å². The Kier molecular flexibility index (Phi) is 7.14. The fourth-order valence-corrected chi connectivity index (χ4v) is 3.82. The number of rotatable bonds is 8. The number of ether oxygens (including phenoxy) is 2. The molecular formula is C24H29N5O3. The van der Waals surface area contributed by atoms with Crippen molar-refractivity contribution in [1.29, 1.82) is 0 Å². The number of pyridine rings is 1. The monoisotopic (exact) mass is 435 g/mol. The first-order chi connectivity index (χ1) is 15.7. The zero-order chi connectivity index (χ0) is 22.3. The third kappa shape index (κ3) is 5.15. The lowest BCUT2D eigenvalue weighted by Crippen LogP contribution is -2.50. The third-order valence-electron chi connectivity index (χ3n) is 5.70. The molecule has 0 spiro atoms. The fourth-order valence-electron chi connectivity index (χ4n) is 3.82. The number of nitrogens with one attached hydrogen (secondary N) is 1. The molecule has 168 valence electrons.